The highest BCUT2D eigenvalue weighted by atomic mass is 35.5. The molecule has 1 heterocycles. The molecule has 0 atom stereocenters. The van der Waals surface area contributed by atoms with Crippen molar-refractivity contribution >= 4 is 27.5 Å². The number of hydrogen-bond donors (Lipinski definition) is 1. The lowest BCUT2D eigenvalue weighted by molar-refractivity contribution is -0.131. The van der Waals surface area contributed by atoms with Crippen molar-refractivity contribution in [3.63, 3.8) is 0 Å². The molecule has 0 saturated carbocycles. The average molecular weight is 346 g/mol. The van der Waals surface area contributed by atoms with E-state index in [2.05, 4.69) is 16.5 Å². The van der Waals surface area contributed by atoms with Gasteiger partial charge in [0.25, 0.3) is 0 Å². The monoisotopic (exact) mass is 345 g/mol. The number of halogens is 1. The van der Waals surface area contributed by atoms with Gasteiger partial charge in [-0.25, -0.2) is 13.1 Å². The van der Waals surface area contributed by atoms with Crippen molar-refractivity contribution in [1.82, 2.24) is 14.5 Å². The van der Waals surface area contributed by atoms with Gasteiger partial charge >= 0.3 is 0 Å². The van der Waals surface area contributed by atoms with E-state index in [1.165, 1.54) is 12.1 Å². The number of piperazine rings is 1. The zero-order valence-electron chi connectivity index (χ0n) is 12.5. The number of nitrogens with zero attached hydrogens (tertiary/aromatic N) is 2. The molecule has 22 heavy (non-hydrogen) atoms. The fraction of sp³-hybridized carbons (Fsp3) is 0.500. The van der Waals surface area contributed by atoms with Crippen molar-refractivity contribution in [2.75, 3.05) is 39.3 Å². The van der Waals surface area contributed by atoms with Crippen LogP contribution in [0.5, 0.6) is 0 Å². The van der Waals surface area contributed by atoms with Crippen molar-refractivity contribution in [3.05, 3.63) is 29.3 Å². The van der Waals surface area contributed by atoms with Gasteiger partial charge in [-0.3, -0.25) is 4.79 Å². The lowest BCUT2D eigenvalue weighted by Crippen LogP contribution is -2.51. The van der Waals surface area contributed by atoms with Crippen LogP contribution < -0.4 is 4.72 Å². The van der Waals surface area contributed by atoms with Crippen molar-refractivity contribution < 1.29 is 13.2 Å². The Morgan fingerprint density at radius 2 is 1.95 bits per heavy atom. The Labute approximate surface area is 136 Å². The predicted molar refractivity (Wildman–Crippen MR) is 85.3 cm³/mol. The summed E-state index contributed by atoms with van der Waals surface area (Å²) < 4.78 is 26.6. The summed E-state index contributed by atoms with van der Waals surface area (Å²) in [5.41, 5.74) is 0. The van der Waals surface area contributed by atoms with Crippen LogP contribution in [0.4, 0.5) is 0 Å². The van der Waals surface area contributed by atoms with E-state index < -0.39 is 10.0 Å². The Morgan fingerprint density at radius 1 is 1.27 bits per heavy atom. The maximum absolute atomic E-state index is 12.1. The van der Waals surface area contributed by atoms with Gasteiger partial charge in [0.1, 0.15) is 0 Å². The van der Waals surface area contributed by atoms with Gasteiger partial charge in [-0.2, -0.15) is 0 Å². The van der Waals surface area contributed by atoms with Gasteiger partial charge in [0.2, 0.25) is 15.9 Å². The van der Waals surface area contributed by atoms with Crippen LogP contribution in [0, 0.1) is 0 Å². The predicted octanol–water partition coefficient (Wildman–Crippen LogP) is 0.782. The molecule has 0 aliphatic carbocycles. The SMILES string of the molecule is CCN1CCN(C(=O)CNS(=O)(=O)c2cccc(Cl)c2)CC1. The molecule has 1 fully saturated rings. The van der Waals surface area contributed by atoms with E-state index >= 15 is 0 Å². The summed E-state index contributed by atoms with van der Waals surface area (Å²) in [6, 6.07) is 5.95. The molecule has 1 aliphatic rings. The molecule has 8 heteroatoms. The first kappa shape index (κ1) is 17.2. The first-order valence-electron chi connectivity index (χ1n) is 7.18. The number of carbonyl (C=O) groups excluding carboxylic acids is 1. The fourth-order valence-electron chi connectivity index (χ4n) is 2.30. The number of hydrogen-bond acceptors (Lipinski definition) is 4. The highest BCUT2D eigenvalue weighted by Crippen LogP contribution is 2.15. The molecule has 2 rings (SSSR count). The van der Waals surface area contributed by atoms with Crippen molar-refractivity contribution in [2.24, 2.45) is 0 Å². The number of sulfonamides is 1. The van der Waals surface area contributed by atoms with Gasteiger partial charge in [0.05, 0.1) is 11.4 Å². The molecule has 0 radical (unpaired) electrons. The van der Waals surface area contributed by atoms with E-state index in [9.17, 15) is 13.2 Å². The van der Waals surface area contributed by atoms with E-state index in [-0.39, 0.29) is 17.3 Å². The first-order chi connectivity index (χ1) is 10.4. The molecule has 0 unspecified atom stereocenters. The minimum atomic E-state index is -3.72. The summed E-state index contributed by atoms with van der Waals surface area (Å²) >= 11 is 5.79. The molecule has 1 aromatic rings. The summed E-state index contributed by atoms with van der Waals surface area (Å²) in [5, 5.41) is 0.338. The molecule has 6 nitrogen and oxygen atoms in total. The molecule has 1 N–H and O–H groups in total. The van der Waals surface area contributed by atoms with Gasteiger partial charge in [-0.15, -0.1) is 0 Å². The number of nitrogens with one attached hydrogen (secondary N) is 1. The second-order valence-electron chi connectivity index (χ2n) is 5.10. The number of carbonyl (C=O) groups is 1. The van der Waals surface area contributed by atoms with Crippen LogP contribution in [-0.4, -0.2) is 63.4 Å². The van der Waals surface area contributed by atoms with Crippen molar-refractivity contribution in [3.8, 4) is 0 Å². The van der Waals surface area contributed by atoms with E-state index in [1.54, 1.807) is 17.0 Å². The molecule has 122 valence electrons. The van der Waals surface area contributed by atoms with Crippen LogP contribution in [-0.2, 0) is 14.8 Å². The minimum Gasteiger partial charge on any atom is -0.339 e. The fourth-order valence-corrected chi connectivity index (χ4v) is 3.57. The van der Waals surface area contributed by atoms with Crippen LogP contribution in [0.3, 0.4) is 0 Å². The van der Waals surface area contributed by atoms with Gasteiger partial charge in [-0.1, -0.05) is 24.6 Å². The molecule has 0 bridgehead atoms. The maximum Gasteiger partial charge on any atom is 0.241 e. The number of likely N-dealkylation sites (N-methyl/N-ethyl adjacent to an activating group) is 1. The van der Waals surface area contributed by atoms with Crippen molar-refractivity contribution in [2.45, 2.75) is 11.8 Å². The third-order valence-corrected chi connectivity index (χ3v) is 5.33. The number of amides is 1. The van der Waals surface area contributed by atoms with E-state index in [4.69, 9.17) is 11.6 Å². The summed E-state index contributed by atoms with van der Waals surface area (Å²) in [7, 11) is -3.72. The molecular formula is C14H20ClN3O3S. The molecule has 1 amide bonds. The molecule has 1 aromatic carbocycles. The van der Waals surface area contributed by atoms with Crippen LogP contribution in [0.15, 0.2) is 29.2 Å². The lowest BCUT2D eigenvalue weighted by atomic mass is 10.3. The molecule has 0 aromatic heterocycles. The third kappa shape index (κ3) is 4.42. The van der Waals surface area contributed by atoms with Crippen LogP contribution >= 0.6 is 11.6 Å². The zero-order chi connectivity index (χ0) is 16.2. The Morgan fingerprint density at radius 3 is 2.55 bits per heavy atom. The van der Waals surface area contributed by atoms with E-state index in [0.29, 0.717) is 18.1 Å². The largest absolute Gasteiger partial charge is 0.339 e. The summed E-state index contributed by atoms with van der Waals surface area (Å²) in [6.07, 6.45) is 0. The normalized spacial score (nSPS) is 16.7. The van der Waals surface area contributed by atoms with E-state index in [1.807, 2.05) is 0 Å². The highest BCUT2D eigenvalue weighted by molar-refractivity contribution is 7.89. The second kappa shape index (κ2) is 7.41. The quantitative estimate of drug-likeness (QED) is 0.856. The summed E-state index contributed by atoms with van der Waals surface area (Å²) in [6.45, 7) is 5.71. The lowest BCUT2D eigenvalue weighted by Gasteiger charge is -2.34. The van der Waals surface area contributed by atoms with Crippen LogP contribution in [0.25, 0.3) is 0 Å². The number of benzene rings is 1. The van der Waals surface area contributed by atoms with Gasteiger partial charge in [-0.05, 0) is 24.7 Å². The number of rotatable bonds is 5. The minimum absolute atomic E-state index is 0.0589. The standard InChI is InChI=1S/C14H20ClN3O3S/c1-2-17-6-8-18(9-7-17)14(19)11-16-22(20,21)13-5-3-4-12(15)10-13/h3-5,10,16H,2,6-9,11H2,1H3. The Hall–Kier alpha value is -1.15. The van der Waals surface area contributed by atoms with E-state index in [0.717, 1.165) is 19.6 Å². The Bertz CT molecular complexity index is 628. The van der Waals surface area contributed by atoms with Gasteiger partial charge in [0.15, 0.2) is 0 Å². The second-order valence-corrected chi connectivity index (χ2v) is 7.30. The zero-order valence-corrected chi connectivity index (χ0v) is 14.0. The Kier molecular flexibility index (Phi) is 5.80. The van der Waals surface area contributed by atoms with Crippen LogP contribution in [0.2, 0.25) is 5.02 Å². The molecule has 0 spiro atoms. The first-order valence-corrected chi connectivity index (χ1v) is 9.04. The maximum atomic E-state index is 12.1. The molecule has 1 aliphatic heterocycles. The Balaban J connectivity index is 1.91. The van der Waals surface area contributed by atoms with Crippen molar-refractivity contribution in [1.29, 1.82) is 0 Å². The smallest absolute Gasteiger partial charge is 0.241 e. The van der Waals surface area contributed by atoms with Gasteiger partial charge < -0.3 is 9.80 Å². The highest BCUT2D eigenvalue weighted by Gasteiger charge is 2.22. The third-order valence-electron chi connectivity index (χ3n) is 3.69. The summed E-state index contributed by atoms with van der Waals surface area (Å²) in [5.74, 6) is -0.207. The molecule has 1 saturated heterocycles. The van der Waals surface area contributed by atoms with Crippen LogP contribution in [0.1, 0.15) is 6.92 Å². The topological polar surface area (TPSA) is 69.7 Å². The van der Waals surface area contributed by atoms with Gasteiger partial charge in [0, 0.05) is 31.2 Å². The molecular weight excluding hydrogens is 326 g/mol. The average Bonchev–Trinajstić information content (AvgIpc) is 2.53. The summed E-state index contributed by atoms with van der Waals surface area (Å²) in [4.78, 5) is 16.1.